The largest absolute Gasteiger partial charge is 0.330 e. The third kappa shape index (κ3) is 5.02. The second-order valence-electron chi connectivity index (χ2n) is 6.31. The number of amides is 1. The highest BCUT2D eigenvalue weighted by Gasteiger charge is 2.22. The van der Waals surface area contributed by atoms with Gasteiger partial charge in [-0.05, 0) is 31.4 Å². The summed E-state index contributed by atoms with van der Waals surface area (Å²) in [7, 11) is 0. The van der Waals surface area contributed by atoms with E-state index in [0.717, 1.165) is 24.8 Å². The Hall–Kier alpha value is -2.43. The normalized spacial score (nSPS) is 12.0. The number of carbonyl (C=O) groups is 1. The smallest absolute Gasteiger partial charge is 0.274 e. The van der Waals surface area contributed by atoms with E-state index in [1.807, 2.05) is 42.2 Å². The molecule has 1 atom stereocenters. The summed E-state index contributed by atoms with van der Waals surface area (Å²) in [6, 6.07) is 13.0. The van der Waals surface area contributed by atoms with Gasteiger partial charge in [0.15, 0.2) is 0 Å². The lowest BCUT2D eigenvalue weighted by atomic mass is 10.1. The summed E-state index contributed by atoms with van der Waals surface area (Å²) in [5, 5.41) is 4.30. The molecule has 1 unspecified atom stereocenters. The lowest BCUT2D eigenvalue weighted by Gasteiger charge is -2.28. The van der Waals surface area contributed by atoms with Crippen LogP contribution >= 0.6 is 0 Å². The average Bonchev–Trinajstić information content (AvgIpc) is 2.65. The van der Waals surface area contributed by atoms with E-state index in [0.29, 0.717) is 18.8 Å². The molecule has 1 aromatic heterocycles. The number of rotatable bonds is 8. The van der Waals surface area contributed by atoms with E-state index >= 15 is 0 Å². The quantitative estimate of drug-likeness (QED) is 0.738. The topological polar surface area (TPSA) is 55.2 Å². The molecule has 5 heteroatoms. The first-order chi connectivity index (χ1) is 12.1. The van der Waals surface area contributed by atoms with Crippen molar-refractivity contribution in [1.29, 1.82) is 0 Å². The van der Waals surface area contributed by atoms with Crippen LogP contribution in [0.2, 0.25) is 0 Å². The molecule has 5 nitrogen and oxygen atoms in total. The molecule has 0 saturated heterocycles. The minimum atomic E-state index is -0.164. The van der Waals surface area contributed by atoms with Crippen LogP contribution in [-0.2, 0) is 13.1 Å². The van der Waals surface area contributed by atoms with Gasteiger partial charge in [0.25, 0.3) is 11.5 Å². The Balaban J connectivity index is 2.28. The van der Waals surface area contributed by atoms with E-state index in [1.54, 1.807) is 0 Å². The lowest BCUT2D eigenvalue weighted by Crippen LogP contribution is -2.39. The van der Waals surface area contributed by atoms with Gasteiger partial charge in [-0.25, -0.2) is 4.68 Å². The van der Waals surface area contributed by atoms with Crippen molar-refractivity contribution >= 4 is 5.91 Å². The SMILES string of the molecule is CCCCn1nc(C(=O)N(Cc2ccccc2)C(C)CC)ccc1=O. The van der Waals surface area contributed by atoms with Crippen molar-refractivity contribution in [2.75, 3.05) is 0 Å². The zero-order valence-corrected chi connectivity index (χ0v) is 15.3. The van der Waals surface area contributed by atoms with Crippen LogP contribution in [0.15, 0.2) is 47.3 Å². The molecule has 1 aromatic carbocycles. The number of aromatic nitrogens is 2. The van der Waals surface area contributed by atoms with Crippen molar-refractivity contribution in [2.24, 2.45) is 0 Å². The zero-order valence-electron chi connectivity index (χ0n) is 15.3. The second-order valence-corrected chi connectivity index (χ2v) is 6.31. The second kappa shape index (κ2) is 9.16. The van der Waals surface area contributed by atoms with Gasteiger partial charge in [0.2, 0.25) is 0 Å². The Labute approximate surface area is 149 Å². The Morgan fingerprint density at radius 3 is 2.52 bits per heavy atom. The third-order valence-corrected chi connectivity index (χ3v) is 4.39. The molecule has 134 valence electrons. The van der Waals surface area contributed by atoms with Gasteiger partial charge in [-0.2, -0.15) is 5.10 Å². The summed E-state index contributed by atoms with van der Waals surface area (Å²) in [6.07, 6.45) is 2.69. The number of benzene rings is 1. The number of carbonyl (C=O) groups excluding carboxylic acids is 1. The number of aryl methyl sites for hydroxylation is 1. The molecule has 1 heterocycles. The Morgan fingerprint density at radius 2 is 1.88 bits per heavy atom. The minimum absolute atomic E-state index is 0.0884. The molecule has 0 aliphatic carbocycles. The summed E-state index contributed by atoms with van der Waals surface area (Å²) in [5.74, 6) is -0.136. The average molecular weight is 341 g/mol. The highest BCUT2D eigenvalue weighted by molar-refractivity contribution is 5.92. The Bertz CT molecular complexity index is 740. The molecule has 0 bridgehead atoms. The summed E-state index contributed by atoms with van der Waals surface area (Å²) in [4.78, 5) is 26.8. The summed E-state index contributed by atoms with van der Waals surface area (Å²) in [6.45, 7) is 7.23. The fourth-order valence-corrected chi connectivity index (χ4v) is 2.61. The molecule has 0 saturated carbocycles. The molecule has 0 aliphatic rings. The number of hydrogen-bond donors (Lipinski definition) is 0. The Kier molecular flexibility index (Phi) is 6.92. The van der Waals surface area contributed by atoms with Crippen LogP contribution in [0.25, 0.3) is 0 Å². The molecule has 2 rings (SSSR count). The Morgan fingerprint density at radius 1 is 1.16 bits per heavy atom. The maximum absolute atomic E-state index is 13.0. The van der Waals surface area contributed by atoms with Crippen molar-refractivity contribution in [1.82, 2.24) is 14.7 Å². The molecule has 0 fully saturated rings. The van der Waals surface area contributed by atoms with Crippen LogP contribution in [-0.4, -0.2) is 26.6 Å². The highest BCUT2D eigenvalue weighted by atomic mass is 16.2. The number of hydrogen-bond acceptors (Lipinski definition) is 3. The summed E-state index contributed by atoms with van der Waals surface area (Å²) >= 11 is 0. The van der Waals surface area contributed by atoms with Crippen molar-refractivity contribution in [3.63, 3.8) is 0 Å². The minimum Gasteiger partial charge on any atom is -0.330 e. The summed E-state index contributed by atoms with van der Waals surface area (Å²) < 4.78 is 1.40. The molecular weight excluding hydrogens is 314 g/mol. The maximum atomic E-state index is 13.0. The van der Waals surface area contributed by atoms with Gasteiger partial charge in [0.1, 0.15) is 5.69 Å². The van der Waals surface area contributed by atoms with Crippen LogP contribution in [0.1, 0.15) is 56.1 Å². The molecule has 0 aliphatic heterocycles. The molecule has 2 aromatic rings. The monoisotopic (exact) mass is 341 g/mol. The van der Waals surface area contributed by atoms with Gasteiger partial charge in [-0.3, -0.25) is 9.59 Å². The highest BCUT2D eigenvalue weighted by Crippen LogP contribution is 2.14. The van der Waals surface area contributed by atoms with Crippen molar-refractivity contribution in [2.45, 2.75) is 59.2 Å². The van der Waals surface area contributed by atoms with Crippen LogP contribution in [0.5, 0.6) is 0 Å². The van der Waals surface area contributed by atoms with E-state index in [9.17, 15) is 9.59 Å². The molecule has 0 N–H and O–H groups in total. The first-order valence-electron chi connectivity index (χ1n) is 8.99. The van der Waals surface area contributed by atoms with Crippen molar-refractivity contribution < 1.29 is 4.79 Å². The predicted octanol–water partition coefficient (Wildman–Crippen LogP) is 3.48. The van der Waals surface area contributed by atoms with Gasteiger partial charge in [-0.1, -0.05) is 50.6 Å². The molecule has 0 spiro atoms. The fraction of sp³-hybridized carbons (Fsp3) is 0.450. The molecule has 25 heavy (non-hydrogen) atoms. The predicted molar refractivity (Wildman–Crippen MR) is 99.5 cm³/mol. The number of unbranched alkanes of at least 4 members (excludes halogenated alkanes) is 1. The first-order valence-corrected chi connectivity index (χ1v) is 8.99. The van der Waals surface area contributed by atoms with Gasteiger partial charge in [0, 0.05) is 25.2 Å². The van der Waals surface area contributed by atoms with E-state index in [1.165, 1.54) is 16.8 Å². The third-order valence-electron chi connectivity index (χ3n) is 4.39. The van der Waals surface area contributed by atoms with Crippen LogP contribution < -0.4 is 5.56 Å². The first kappa shape index (κ1) is 18.9. The fourth-order valence-electron chi connectivity index (χ4n) is 2.61. The van der Waals surface area contributed by atoms with Crippen LogP contribution in [0.4, 0.5) is 0 Å². The lowest BCUT2D eigenvalue weighted by molar-refractivity contribution is 0.0662. The van der Waals surface area contributed by atoms with E-state index in [2.05, 4.69) is 18.9 Å². The molecule has 1 amide bonds. The van der Waals surface area contributed by atoms with Gasteiger partial charge < -0.3 is 4.90 Å². The van der Waals surface area contributed by atoms with E-state index < -0.39 is 0 Å². The molecular formula is C20H27N3O2. The van der Waals surface area contributed by atoms with Gasteiger partial charge >= 0.3 is 0 Å². The van der Waals surface area contributed by atoms with E-state index in [-0.39, 0.29) is 17.5 Å². The maximum Gasteiger partial charge on any atom is 0.274 e. The van der Waals surface area contributed by atoms with Crippen LogP contribution in [0.3, 0.4) is 0 Å². The summed E-state index contributed by atoms with van der Waals surface area (Å²) in [5.41, 5.74) is 1.24. The molecule has 0 radical (unpaired) electrons. The van der Waals surface area contributed by atoms with Crippen LogP contribution in [0, 0.1) is 0 Å². The van der Waals surface area contributed by atoms with E-state index in [4.69, 9.17) is 0 Å². The zero-order chi connectivity index (χ0) is 18.2. The standard InChI is InChI=1S/C20H27N3O2/c1-4-6-14-23-19(24)13-12-18(21-23)20(25)22(16(3)5-2)15-17-10-8-7-9-11-17/h7-13,16H,4-6,14-15H2,1-3H3. The van der Waals surface area contributed by atoms with Gasteiger partial charge in [0.05, 0.1) is 0 Å². The van der Waals surface area contributed by atoms with Gasteiger partial charge in [-0.15, -0.1) is 0 Å². The number of nitrogens with zero attached hydrogens (tertiary/aromatic N) is 3. The van der Waals surface area contributed by atoms with Crippen molar-refractivity contribution in [3.8, 4) is 0 Å². The van der Waals surface area contributed by atoms with Crippen molar-refractivity contribution in [3.05, 3.63) is 64.1 Å².